The minimum atomic E-state index is -0.679. The largest absolute Gasteiger partial charge is 0.506 e. The fourth-order valence-corrected chi connectivity index (χ4v) is 1.09. The quantitative estimate of drug-likeness (QED) is 0.574. The number of phenols is 1. The zero-order chi connectivity index (χ0) is 11.4. The van der Waals surface area contributed by atoms with Gasteiger partial charge >= 0.3 is 0 Å². The van der Waals surface area contributed by atoms with E-state index in [9.17, 15) is 15.2 Å². The van der Waals surface area contributed by atoms with E-state index in [0.29, 0.717) is 0 Å². The third-order valence-corrected chi connectivity index (χ3v) is 1.77. The van der Waals surface area contributed by atoms with Crippen LogP contribution in [-0.2, 0) is 6.42 Å². The van der Waals surface area contributed by atoms with E-state index in [1.54, 1.807) is 12.1 Å². The summed E-state index contributed by atoms with van der Waals surface area (Å²) in [6.07, 6.45) is -0.178. The summed E-state index contributed by atoms with van der Waals surface area (Å²) in [5.74, 6) is -0.371. The molecule has 0 bridgehead atoms. The number of hydrogen-bond acceptors (Lipinski definition) is 5. The van der Waals surface area contributed by atoms with Gasteiger partial charge in [0.2, 0.25) is 0 Å². The summed E-state index contributed by atoms with van der Waals surface area (Å²) in [4.78, 5) is 9.79. The van der Waals surface area contributed by atoms with E-state index < -0.39 is 4.92 Å². The lowest BCUT2D eigenvalue weighted by Gasteiger charge is -2.01. The van der Waals surface area contributed by atoms with Crippen molar-refractivity contribution in [3.05, 3.63) is 33.4 Å². The molecular weight excluding hydrogens is 198 g/mol. The van der Waals surface area contributed by atoms with E-state index in [2.05, 4.69) is 0 Å². The van der Waals surface area contributed by atoms with Crippen LogP contribution in [0.5, 0.6) is 5.75 Å². The predicted molar refractivity (Wildman–Crippen MR) is 48.8 cm³/mol. The lowest BCUT2D eigenvalue weighted by Crippen LogP contribution is -1.93. The first kappa shape index (κ1) is 10.5. The Labute approximate surface area is 84.8 Å². The van der Waals surface area contributed by atoms with Crippen molar-refractivity contribution in [2.24, 2.45) is 0 Å². The van der Waals surface area contributed by atoms with Gasteiger partial charge in [0.15, 0.2) is 0 Å². The normalized spacial score (nSPS) is 8.93. The molecule has 74 valence electrons. The molecule has 6 heteroatoms. The Morgan fingerprint density at radius 1 is 1.47 bits per heavy atom. The topological polar surface area (TPSA) is 111 Å². The number of non-ortho nitro benzene ring substituents is 1. The number of nitro benzene ring substituents is 1. The second kappa shape index (κ2) is 4.07. The molecule has 0 aromatic heterocycles. The molecule has 0 aliphatic carbocycles. The molecule has 0 unspecified atom stereocenters. The molecule has 1 aromatic carbocycles. The van der Waals surface area contributed by atoms with Gasteiger partial charge in [-0.05, 0) is 0 Å². The van der Waals surface area contributed by atoms with Crippen LogP contribution in [0.4, 0.5) is 5.69 Å². The fourth-order valence-electron chi connectivity index (χ4n) is 1.09. The Hall–Kier alpha value is -2.60. The summed E-state index contributed by atoms with van der Waals surface area (Å²) in [5, 5.41) is 36.9. The van der Waals surface area contributed by atoms with Crippen molar-refractivity contribution in [1.82, 2.24) is 0 Å². The van der Waals surface area contributed by atoms with E-state index in [0.717, 1.165) is 12.1 Å². The maximum atomic E-state index is 10.5. The number of nitrogens with zero attached hydrogens (tertiary/aromatic N) is 3. The van der Waals surface area contributed by atoms with Crippen LogP contribution in [0.15, 0.2) is 12.1 Å². The van der Waals surface area contributed by atoms with Gasteiger partial charge in [-0.15, -0.1) is 0 Å². The van der Waals surface area contributed by atoms with Gasteiger partial charge in [-0.3, -0.25) is 10.1 Å². The molecule has 0 atom stereocenters. The summed E-state index contributed by atoms with van der Waals surface area (Å²) < 4.78 is 0. The Kier molecular flexibility index (Phi) is 2.85. The van der Waals surface area contributed by atoms with Gasteiger partial charge in [0.05, 0.1) is 17.4 Å². The zero-order valence-electron chi connectivity index (χ0n) is 7.47. The Morgan fingerprint density at radius 3 is 2.60 bits per heavy atom. The highest BCUT2D eigenvalue weighted by molar-refractivity contribution is 5.55. The molecule has 0 aliphatic rings. The van der Waals surface area contributed by atoms with E-state index in [-0.39, 0.29) is 29.0 Å². The van der Waals surface area contributed by atoms with Gasteiger partial charge in [0, 0.05) is 17.7 Å². The van der Waals surface area contributed by atoms with E-state index >= 15 is 0 Å². The number of nitriles is 2. The first-order chi connectivity index (χ1) is 7.10. The number of nitro groups is 1. The minimum Gasteiger partial charge on any atom is -0.506 e. The first-order valence-corrected chi connectivity index (χ1v) is 3.87. The van der Waals surface area contributed by atoms with Crippen LogP contribution < -0.4 is 0 Å². The first-order valence-electron chi connectivity index (χ1n) is 3.87. The molecule has 0 aliphatic heterocycles. The fraction of sp³-hybridized carbons (Fsp3) is 0.111. The summed E-state index contributed by atoms with van der Waals surface area (Å²) >= 11 is 0. The van der Waals surface area contributed by atoms with Crippen molar-refractivity contribution in [2.75, 3.05) is 0 Å². The lowest BCUT2D eigenvalue weighted by molar-refractivity contribution is -0.385. The van der Waals surface area contributed by atoms with Gasteiger partial charge in [-0.25, -0.2) is 0 Å². The molecule has 0 saturated heterocycles. The SMILES string of the molecule is N#CCc1cc([N+](=O)[O-])cc(C#N)c1O. The van der Waals surface area contributed by atoms with Crippen molar-refractivity contribution >= 4 is 5.69 Å². The van der Waals surface area contributed by atoms with Gasteiger partial charge in [-0.2, -0.15) is 10.5 Å². The van der Waals surface area contributed by atoms with Crippen LogP contribution in [0, 0.1) is 32.8 Å². The number of phenolic OH excluding ortho intramolecular Hbond substituents is 1. The average molecular weight is 203 g/mol. The summed E-state index contributed by atoms with van der Waals surface area (Å²) in [5.41, 5.74) is -0.424. The van der Waals surface area contributed by atoms with Crippen molar-refractivity contribution in [1.29, 1.82) is 10.5 Å². The maximum absolute atomic E-state index is 10.5. The van der Waals surface area contributed by atoms with Crippen molar-refractivity contribution in [3.8, 4) is 17.9 Å². The number of rotatable bonds is 2. The molecule has 1 rings (SSSR count). The molecule has 15 heavy (non-hydrogen) atoms. The number of hydrogen-bond donors (Lipinski definition) is 1. The van der Waals surface area contributed by atoms with Crippen LogP contribution in [-0.4, -0.2) is 10.0 Å². The molecule has 0 radical (unpaired) electrons. The third-order valence-electron chi connectivity index (χ3n) is 1.77. The standard InChI is InChI=1S/C9H5N3O3/c10-2-1-6-3-8(12(14)15)4-7(5-11)9(6)13/h3-4,13H,1H2. The molecule has 0 heterocycles. The van der Waals surface area contributed by atoms with Crippen LogP contribution in [0.1, 0.15) is 11.1 Å². The van der Waals surface area contributed by atoms with Gasteiger partial charge < -0.3 is 5.11 Å². The monoisotopic (exact) mass is 203 g/mol. The Bertz CT molecular complexity index is 497. The summed E-state index contributed by atoms with van der Waals surface area (Å²) in [6, 6.07) is 5.43. The van der Waals surface area contributed by atoms with Crippen molar-refractivity contribution < 1.29 is 10.0 Å². The lowest BCUT2D eigenvalue weighted by atomic mass is 10.1. The van der Waals surface area contributed by atoms with Crippen LogP contribution in [0.2, 0.25) is 0 Å². The van der Waals surface area contributed by atoms with Gasteiger partial charge in [0.25, 0.3) is 5.69 Å². The summed E-state index contributed by atoms with van der Waals surface area (Å²) in [7, 11) is 0. The van der Waals surface area contributed by atoms with Crippen LogP contribution >= 0.6 is 0 Å². The smallest absolute Gasteiger partial charge is 0.271 e. The Balaban J connectivity index is 3.41. The summed E-state index contributed by atoms with van der Waals surface area (Å²) in [6.45, 7) is 0. The van der Waals surface area contributed by atoms with Crippen molar-refractivity contribution in [3.63, 3.8) is 0 Å². The molecule has 0 saturated carbocycles. The predicted octanol–water partition coefficient (Wildman–Crippen LogP) is 1.24. The highest BCUT2D eigenvalue weighted by atomic mass is 16.6. The molecule has 0 amide bonds. The van der Waals surface area contributed by atoms with Crippen LogP contribution in [0.3, 0.4) is 0 Å². The highest BCUT2D eigenvalue weighted by Crippen LogP contribution is 2.27. The van der Waals surface area contributed by atoms with E-state index in [1.165, 1.54) is 0 Å². The third kappa shape index (κ3) is 2.01. The molecule has 1 aromatic rings. The van der Waals surface area contributed by atoms with E-state index in [4.69, 9.17) is 10.5 Å². The van der Waals surface area contributed by atoms with Gasteiger partial charge in [-0.1, -0.05) is 0 Å². The number of aromatic hydroxyl groups is 1. The molecular formula is C9H5N3O3. The maximum Gasteiger partial charge on any atom is 0.271 e. The second-order valence-corrected chi connectivity index (χ2v) is 2.70. The van der Waals surface area contributed by atoms with Crippen molar-refractivity contribution in [2.45, 2.75) is 6.42 Å². The minimum absolute atomic E-state index is 0.0863. The zero-order valence-corrected chi connectivity index (χ0v) is 7.47. The molecule has 0 fully saturated rings. The Morgan fingerprint density at radius 2 is 2.13 bits per heavy atom. The second-order valence-electron chi connectivity index (χ2n) is 2.70. The van der Waals surface area contributed by atoms with Crippen LogP contribution in [0.25, 0.3) is 0 Å². The van der Waals surface area contributed by atoms with E-state index in [1.807, 2.05) is 0 Å². The highest BCUT2D eigenvalue weighted by Gasteiger charge is 2.15. The molecule has 6 nitrogen and oxygen atoms in total. The molecule has 0 spiro atoms. The molecule has 1 N–H and O–H groups in total. The van der Waals surface area contributed by atoms with Gasteiger partial charge in [0.1, 0.15) is 17.4 Å². The number of benzene rings is 1. The average Bonchev–Trinajstić information content (AvgIpc) is 2.21.